The molecule has 1 amide bonds. The number of nitrogens with zero attached hydrogens (tertiary/aromatic N) is 1. The second-order valence-electron chi connectivity index (χ2n) is 2.61. The van der Waals surface area contributed by atoms with Crippen molar-refractivity contribution in [3.63, 3.8) is 0 Å². The second kappa shape index (κ2) is 4.32. The van der Waals surface area contributed by atoms with Crippen molar-refractivity contribution in [3.8, 4) is 0 Å². The third-order valence-corrected chi connectivity index (χ3v) is 2.19. The Labute approximate surface area is 88.6 Å². The summed E-state index contributed by atoms with van der Waals surface area (Å²) in [4.78, 5) is 22.1. The van der Waals surface area contributed by atoms with E-state index in [-0.39, 0.29) is 12.0 Å². The van der Waals surface area contributed by atoms with Gasteiger partial charge in [0.15, 0.2) is 0 Å². The van der Waals surface area contributed by atoms with Crippen molar-refractivity contribution in [2.75, 3.05) is 11.9 Å². The van der Waals surface area contributed by atoms with Crippen LogP contribution in [-0.4, -0.2) is 19.2 Å². The number of anilines is 1. The summed E-state index contributed by atoms with van der Waals surface area (Å²) in [7, 11) is 1.33. The van der Waals surface area contributed by atoms with Crippen LogP contribution in [0, 0.1) is 5.82 Å². The predicted octanol–water partition coefficient (Wildman–Crippen LogP) is 1.75. The quantitative estimate of drug-likeness (QED) is 0.600. The van der Waals surface area contributed by atoms with Crippen molar-refractivity contribution in [2.24, 2.45) is 0 Å². The van der Waals surface area contributed by atoms with Crippen molar-refractivity contribution in [1.29, 1.82) is 0 Å². The first kappa shape index (κ1) is 10.8. The maximum absolute atomic E-state index is 13.2. The Bertz CT molecular complexity index is 381. The molecule has 0 aliphatic rings. The van der Waals surface area contributed by atoms with Crippen LogP contribution in [0.5, 0.6) is 0 Å². The zero-order chi connectivity index (χ0) is 10.7. The first-order valence-electron chi connectivity index (χ1n) is 3.74. The second-order valence-corrected chi connectivity index (χ2v) is 3.53. The summed E-state index contributed by atoms with van der Waals surface area (Å²) in [5, 5.41) is 0. The Balaban J connectivity index is 3.11. The highest BCUT2D eigenvalue weighted by Crippen LogP contribution is 2.22. The fourth-order valence-corrected chi connectivity index (χ4v) is 1.29. The van der Waals surface area contributed by atoms with Crippen LogP contribution < -0.4 is 4.90 Å². The van der Waals surface area contributed by atoms with Crippen molar-refractivity contribution in [2.45, 2.75) is 0 Å². The van der Waals surface area contributed by atoms with Gasteiger partial charge in [-0.05, 0) is 18.2 Å². The Kier molecular flexibility index (Phi) is 3.35. The minimum atomic E-state index is -0.790. The van der Waals surface area contributed by atoms with Crippen molar-refractivity contribution < 1.29 is 14.0 Å². The molecule has 1 aromatic carbocycles. The number of amides is 1. The van der Waals surface area contributed by atoms with E-state index in [9.17, 15) is 14.0 Å². The summed E-state index contributed by atoms with van der Waals surface area (Å²) < 4.78 is 13.8. The Morgan fingerprint density at radius 3 is 2.79 bits per heavy atom. The smallest absolute Gasteiger partial charge is 0.290 e. The SMILES string of the molecule is CN(C(=O)C=O)c1cc(Br)ccc1F. The molecule has 0 saturated carbocycles. The molecule has 74 valence electrons. The average molecular weight is 260 g/mol. The van der Waals surface area contributed by atoms with Crippen LogP contribution in [0.1, 0.15) is 0 Å². The van der Waals surface area contributed by atoms with Gasteiger partial charge >= 0.3 is 0 Å². The molecule has 0 bridgehead atoms. The topological polar surface area (TPSA) is 37.4 Å². The molecule has 1 aromatic rings. The van der Waals surface area contributed by atoms with E-state index in [0.717, 1.165) is 4.90 Å². The van der Waals surface area contributed by atoms with Gasteiger partial charge in [-0.25, -0.2) is 4.39 Å². The molecule has 0 radical (unpaired) electrons. The van der Waals surface area contributed by atoms with E-state index in [2.05, 4.69) is 15.9 Å². The van der Waals surface area contributed by atoms with Gasteiger partial charge in [-0.15, -0.1) is 0 Å². The summed E-state index contributed by atoms with van der Waals surface area (Å²) in [6.07, 6.45) is 0.139. The van der Waals surface area contributed by atoms with Gasteiger partial charge < -0.3 is 4.90 Å². The predicted molar refractivity (Wildman–Crippen MR) is 53.6 cm³/mol. The normalized spacial score (nSPS) is 9.64. The molecule has 0 spiro atoms. The largest absolute Gasteiger partial charge is 0.306 e. The van der Waals surface area contributed by atoms with Crippen LogP contribution in [0.3, 0.4) is 0 Å². The Morgan fingerprint density at radius 1 is 1.57 bits per heavy atom. The van der Waals surface area contributed by atoms with Gasteiger partial charge in [-0.3, -0.25) is 9.59 Å². The van der Waals surface area contributed by atoms with Gasteiger partial charge in [0.1, 0.15) is 5.82 Å². The van der Waals surface area contributed by atoms with Crippen LogP contribution in [0.2, 0.25) is 0 Å². The summed E-state index contributed by atoms with van der Waals surface area (Å²) in [5.41, 5.74) is 0.0662. The first-order valence-corrected chi connectivity index (χ1v) is 4.53. The lowest BCUT2D eigenvalue weighted by molar-refractivity contribution is -0.129. The lowest BCUT2D eigenvalue weighted by Crippen LogP contribution is -2.27. The van der Waals surface area contributed by atoms with E-state index >= 15 is 0 Å². The highest BCUT2D eigenvalue weighted by atomic mass is 79.9. The molecular weight excluding hydrogens is 253 g/mol. The van der Waals surface area contributed by atoms with Crippen LogP contribution in [-0.2, 0) is 9.59 Å². The minimum absolute atomic E-state index is 0.0662. The number of benzene rings is 1. The molecule has 0 aliphatic carbocycles. The van der Waals surface area contributed by atoms with Gasteiger partial charge in [-0.1, -0.05) is 15.9 Å². The van der Waals surface area contributed by atoms with Crippen molar-refractivity contribution >= 4 is 33.8 Å². The van der Waals surface area contributed by atoms with Gasteiger partial charge in [0.2, 0.25) is 6.29 Å². The monoisotopic (exact) mass is 259 g/mol. The number of likely N-dealkylation sites (N-methyl/N-ethyl adjacent to an activating group) is 1. The molecule has 0 unspecified atom stereocenters. The molecule has 0 saturated heterocycles. The molecular formula is C9H7BrFNO2. The summed E-state index contributed by atoms with van der Waals surface area (Å²) in [5.74, 6) is -1.34. The Morgan fingerprint density at radius 2 is 2.21 bits per heavy atom. The zero-order valence-corrected chi connectivity index (χ0v) is 8.92. The standard InChI is InChI=1S/C9H7BrFNO2/c1-12(9(14)5-13)8-4-6(10)2-3-7(8)11/h2-5H,1H3. The third-order valence-electron chi connectivity index (χ3n) is 1.70. The molecule has 0 fully saturated rings. The van der Waals surface area contributed by atoms with Crippen LogP contribution >= 0.6 is 15.9 Å². The molecule has 5 heteroatoms. The number of hydrogen-bond donors (Lipinski definition) is 0. The number of halogens is 2. The van der Waals surface area contributed by atoms with Crippen LogP contribution in [0.25, 0.3) is 0 Å². The Hall–Kier alpha value is -1.23. The maximum atomic E-state index is 13.2. The number of carbonyl (C=O) groups is 2. The highest BCUT2D eigenvalue weighted by Gasteiger charge is 2.13. The van der Waals surface area contributed by atoms with E-state index in [1.165, 1.54) is 25.2 Å². The van der Waals surface area contributed by atoms with Crippen molar-refractivity contribution in [3.05, 3.63) is 28.5 Å². The third kappa shape index (κ3) is 2.17. The number of aldehydes is 1. The van der Waals surface area contributed by atoms with E-state index in [1.807, 2.05) is 0 Å². The lowest BCUT2D eigenvalue weighted by Gasteiger charge is -2.14. The summed E-state index contributed by atoms with van der Waals surface area (Å²) in [6.45, 7) is 0. The zero-order valence-electron chi connectivity index (χ0n) is 7.33. The fourth-order valence-electron chi connectivity index (χ4n) is 0.941. The van der Waals surface area contributed by atoms with E-state index in [0.29, 0.717) is 4.47 Å². The van der Waals surface area contributed by atoms with Crippen molar-refractivity contribution in [1.82, 2.24) is 0 Å². The van der Waals surface area contributed by atoms with E-state index < -0.39 is 11.7 Å². The van der Waals surface area contributed by atoms with Crippen LogP contribution in [0.15, 0.2) is 22.7 Å². The molecule has 0 aliphatic heterocycles. The summed E-state index contributed by atoms with van der Waals surface area (Å²) in [6, 6.07) is 4.16. The number of rotatable bonds is 2. The molecule has 0 aromatic heterocycles. The lowest BCUT2D eigenvalue weighted by atomic mass is 10.3. The average Bonchev–Trinajstić information content (AvgIpc) is 2.19. The number of carbonyl (C=O) groups excluding carboxylic acids is 2. The molecule has 0 atom stereocenters. The van der Waals surface area contributed by atoms with Gasteiger partial charge in [-0.2, -0.15) is 0 Å². The van der Waals surface area contributed by atoms with Gasteiger partial charge in [0.05, 0.1) is 5.69 Å². The van der Waals surface area contributed by atoms with Crippen LogP contribution in [0.4, 0.5) is 10.1 Å². The van der Waals surface area contributed by atoms with Gasteiger partial charge in [0, 0.05) is 11.5 Å². The minimum Gasteiger partial charge on any atom is -0.306 e. The summed E-state index contributed by atoms with van der Waals surface area (Å²) >= 11 is 3.14. The van der Waals surface area contributed by atoms with E-state index in [4.69, 9.17) is 0 Å². The highest BCUT2D eigenvalue weighted by molar-refractivity contribution is 9.10. The molecule has 1 rings (SSSR count). The first-order chi connectivity index (χ1) is 6.56. The molecule has 14 heavy (non-hydrogen) atoms. The molecule has 0 heterocycles. The molecule has 0 N–H and O–H groups in total. The number of hydrogen-bond acceptors (Lipinski definition) is 2. The maximum Gasteiger partial charge on any atom is 0.290 e. The van der Waals surface area contributed by atoms with E-state index in [1.54, 1.807) is 0 Å². The van der Waals surface area contributed by atoms with Gasteiger partial charge in [0.25, 0.3) is 5.91 Å². The molecule has 3 nitrogen and oxygen atoms in total. The fraction of sp³-hybridized carbons (Fsp3) is 0.111.